The van der Waals surface area contributed by atoms with Gasteiger partial charge in [0.1, 0.15) is 5.82 Å². The second-order valence-electron chi connectivity index (χ2n) is 5.66. The molecule has 2 aromatic rings. The Morgan fingerprint density at radius 3 is 2.55 bits per heavy atom. The van der Waals surface area contributed by atoms with Gasteiger partial charge in [-0.15, -0.1) is 11.6 Å². The number of alkyl halides is 1. The molecule has 2 nitrogen and oxygen atoms in total. The van der Waals surface area contributed by atoms with Gasteiger partial charge in [0, 0.05) is 10.5 Å². The molecule has 1 aromatic carbocycles. The molecule has 1 aliphatic carbocycles. The lowest BCUT2D eigenvalue weighted by molar-refractivity contribution is 0.373. The maximum atomic E-state index is 6.14. The van der Waals surface area contributed by atoms with E-state index in [-0.39, 0.29) is 0 Å². The Balaban J connectivity index is 2.04. The van der Waals surface area contributed by atoms with Gasteiger partial charge in [-0.1, -0.05) is 48.0 Å². The largest absolute Gasteiger partial charge is 0.324 e. The average Bonchev–Trinajstić information content (AvgIpc) is 2.76. The van der Waals surface area contributed by atoms with Gasteiger partial charge < -0.3 is 4.57 Å². The van der Waals surface area contributed by atoms with Gasteiger partial charge in [-0.2, -0.15) is 0 Å². The van der Waals surface area contributed by atoms with Crippen molar-refractivity contribution in [3.63, 3.8) is 0 Å². The third-order valence-electron chi connectivity index (χ3n) is 4.28. The lowest BCUT2D eigenvalue weighted by Crippen LogP contribution is -2.13. The Labute approximate surface area is 133 Å². The molecule has 0 saturated heterocycles. The number of hydrogen-bond acceptors (Lipinski definition) is 1. The number of rotatable bonds is 2. The Bertz CT molecular complexity index is 585. The SMILES string of the molecule is ClCc1nc2ccc(Br)cc2n1C1CCCCCCC1. The standard InChI is InChI=1S/C16H20BrClN2/c17-12-8-9-14-15(10-12)20(16(11-18)19-14)13-6-4-2-1-3-5-7-13/h8-10,13H,1-7,11H2. The van der Waals surface area contributed by atoms with Crippen molar-refractivity contribution in [2.24, 2.45) is 0 Å². The molecule has 1 saturated carbocycles. The van der Waals surface area contributed by atoms with Crippen molar-refractivity contribution < 1.29 is 0 Å². The molecule has 1 aromatic heterocycles. The van der Waals surface area contributed by atoms with E-state index in [1.807, 2.05) is 0 Å². The lowest BCUT2D eigenvalue weighted by atomic mass is 9.96. The van der Waals surface area contributed by atoms with E-state index in [4.69, 9.17) is 16.6 Å². The first-order chi connectivity index (χ1) is 9.79. The van der Waals surface area contributed by atoms with E-state index in [1.54, 1.807) is 0 Å². The first-order valence-corrected chi connectivity index (χ1v) is 8.84. The fourth-order valence-electron chi connectivity index (χ4n) is 3.31. The molecule has 1 heterocycles. The quantitative estimate of drug-likeness (QED) is 0.620. The molecule has 108 valence electrons. The highest BCUT2D eigenvalue weighted by Gasteiger charge is 2.19. The second kappa shape index (κ2) is 6.48. The van der Waals surface area contributed by atoms with Crippen molar-refractivity contribution in [3.05, 3.63) is 28.5 Å². The van der Waals surface area contributed by atoms with Gasteiger partial charge in [0.15, 0.2) is 0 Å². The van der Waals surface area contributed by atoms with Crippen molar-refractivity contribution in [3.8, 4) is 0 Å². The van der Waals surface area contributed by atoms with Crippen LogP contribution in [0, 0.1) is 0 Å². The molecule has 0 aliphatic heterocycles. The highest BCUT2D eigenvalue weighted by molar-refractivity contribution is 9.10. The fraction of sp³-hybridized carbons (Fsp3) is 0.562. The van der Waals surface area contributed by atoms with Gasteiger partial charge in [0.05, 0.1) is 16.9 Å². The van der Waals surface area contributed by atoms with E-state index in [2.05, 4.69) is 38.7 Å². The van der Waals surface area contributed by atoms with Crippen molar-refractivity contribution in [2.75, 3.05) is 0 Å². The van der Waals surface area contributed by atoms with E-state index in [1.165, 1.54) is 50.5 Å². The average molecular weight is 356 g/mol. The summed E-state index contributed by atoms with van der Waals surface area (Å²) in [6, 6.07) is 6.87. The Kier molecular flexibility index (Phi) is 4.67. The van der Waals surface area contributed by atoms with Crippen LogP contribution in [0.15, 0.2) is 22.7 Å². The molecule has 0 unspecified atom stereocenters. The number of benzene rings is 1. The smallest absolute Gasteiger partial charge is 0.125 e. The minimum absolute atomic E-state index is 0.489. The highest BCUT2D eigenvalue weighted by atomic mass is 79.9. The topological polar surface area (TPSA) is 17.8 Å². The third-order valence-corrected chi connectivity index (χ3v) is 5.02. The summed E-state index contributed by atoms with van der Waals surface area (Å²) in [5.41, 5.74) is 2.28. The zero-order chi connectivity index (χ0) is 13.9. The summed E-state index contributed by atoms with van der Waals surface area (Å²) >= 11 is 9.72. The van der Waals surface area contributed by atoms with Gasteiger partial charge in [-0.3, -0.25) is 0 Å². The number of imidazole rings is 1. The number of nitrogens with zero attached hydrogens (tertiary/aromatic N) is 2. The normalized spacial score (nSPS) is 18.1. The van der Waals surface area contributed by atoms with Crippen molar-refractivity contribution in [1.82, 2.24) is 9.55 Å². The van der Waals surface area contributed by atoms with Gasteiger partial charge in [0.2, 0.25) is 0 Å². The number of hydrogen-bond donors (Lipinski definition) is 0. The zero-order valence-corrected chi connectivity index (χ0v) is 14.0. The summed E-state index contributed by atoms with van der Waals surface area (Å²) in [4.78, 5) is 4.71. The molecule has 1 fully saturated rings. The van der Waals surface area contributed by atoms with Crippen LogP contribution in [-0.4, -0.2) is 9.55 Å². The second-order valence-corrected chi connectivity index (χ2v) is 6.85. The van der Waals surface area contributed by atoms with Crippen LogP contribution < -0.4 is 0 Å². The number of halogens is 2. The van der Waals surface area contributed by atoms with E-state index in [0.29, 0.717) is 11.9 Å². The molecule has 0 spiro atoms. The Morgan fingerprint density at radius 1 is 1.15 bits per heavy atom. The molecule has 4 heteroatoms. The highest BCUT2D eigenvalue weighted by Crippen LogP contribution is 2.32. The van der Waals surface area contributed by atoms with E-state index in [9.17, 15) is 0 Å². The first kappa shape index (κ1) is 14.4. The lowest BCUT2D eigenvalue weighted by Gasteiger charge is -2.23. The van der Waals surface area contributed by atoms with Crippen LogP contribution in [0.3, 0.4) is 0 Å². The predicted octanol–water partition coefficient (Wildman–Crippen LogP) is 5.82. The molecular weight excluding hydrogens is 336 g/mol. The molecule has 0 bridgehead atoms. The molecule has 0 amide bonds. The monoisotopic (exact) mass is 354 g/mol. The predicted molar refractivity (Wildman–Crippen MR) is 88.3 cm³/mol. The van der Waals surface area contributed by atoms with E-state index < -0.39 is 0 Å². The van der Waals surface area contributed by atoms with Crippen molar-refractivity contribution in [1.29, 1.82) is 0 Å². The molecule has 0 atom stereocenters. The minimum atomic E-state index is 0.489. The zero-order valence-electron chi connectivity index (χ0n) is 11.6. The van der Waals surface area contributed by atoms with Gasteiger partial charge in [-0.05, 0) is 31.0 Å². The van der Waals surface area contributed by atoms with Crippen LogP contribution in [0.2, 0.25) is 0 Å². The van der Waals surface area contributed by atoms with Crippen molar-refractivity contribution >= 4 is 38.6 Å². The molecule has 0 radical (unpaired) electrons. The summed E-state index contributed by atoms with van der Waals surface area (Å²) in [6.45, 7) is 0. The fourth-order valence-corrected chi connectivity index (χ4v) is 3.85. The van der Waals surface area contributed by atoms with Crippen LogP contribution >= 0.6 is 27.5 Å². The van der Waals surface area contributed by atoms with E-state index >= 15 is 0 Å². The van der Waals surface area contributed by atoms with Crippen LogP contribution in [-0.2, 0) is 5.88 Å². The summed E-state index contributed by atoms with van der Waals surface area (Å²) in [7, 11) is 0. The molecule has 1 aliphatic rings. The van der Waals surface area contributed by atoms with Crippen LogP contribution in [0.1, 0.15) is 56.8 Å². The third kappa shape index (κ3) is 2.89. The first-order valence-electron chi connectivity index (χ1n) is 7.52. The minimum Gasteiger partial charge on any atom is -0.324 e. The van der Waals surface area contributed by atoms with Gasteiger partial charge >= 0.3 is 0 Å². The molecular formula is C16H20BrClN2. The van der Waals surface area contributed by atoms with Gasteiger partial charge in [0.25, 0.3) is 0 Å². The van der Waals surface area contributed by atoms with E-state index in [0.717, 1.165) is 15.8 Å². The summed E-state index contributed by atoms with van der Waals surface area (Å²) in [6.07, 6.45) is 9.27. The Morgan fingerprint density at radius 2 is 1.85 bits per heavy atom. The maximum absolute atomic E-state index is 6.14. The summed E-state index contributed by atoms with van der Waals surface area (Å²) in [5.74, 6) is 1.51. The van der Waals surface area contributed by atoms with Gasteiger partial charge in [-0.25, -0.2) is 4.98 Å². The summed E-state index contributed by atoms with van der Waals surface area (Å²) < 4.78 is 3.51. The molecule has 20 heavy (non-hydrogen) atoms. The maximum Gasteiger partial charge on any atom is 0.125 e. The van der Waals surface area contributed by atoms with Crippen LogP contribution in [0.4, 0.5) is 0 Å². The number of aromatic nitrogens is 2. The number of fused-ring (bicyclic) bond motifs is 1. The van der Waals surface area contributed by atoms with Crippen LogP contribution in [0.25, 0.3) is 11.0 Å². The molecule has 0 N–H and O–H groups in total. The summed E-state index contributed by atoms with van der Waals surface area (Å²) in [5, 5.41) is 0. The Hall–Kier alpha value is -0.540. The van der Waals surface area contributed by atoms with Crippen LogP contribution in [0.5, 0.6) is 0 Å². The van der Waals surface area contributed by atoms with Crippen molar-refractivity contribution in [2.45, 2.75) is 56.9 Å². The molecule has 3 rings (SSSR count).